The first-order chi connectivity index (χ1) is 15.4. The zero-order valence-electron chi connectivity index (χ0n) is 17.4. The molecule has 3 nitrogen and oxygen atoms in total. The van der Waals surface area contributed by atoms with Crippen molar-refractivity contribution in [2.45, 2.75) is 31.9 Å². The van der Waals surface area contributed by atoms with Crippen LogP contribution in [0.25, 0.3) is 0 Å². The number of anilines is 1. The summed E-state index contributed by atoms with van der Waals surface area (Å²) in [6, 6.07) is 16.4. The second-order valence-electron chi connectivity index (χ2n) is 7.41. The molecule has 1 N–H and O–H groups in total. The van der Waals surface area contributed by atoms with Crippen molar-refractivity contribution >= 4 is 11.7 Å². The van der Waals surface area contributed by atoms with E-state index in [9.17, 15) is 31.1 Å². The third-order valence-electron chi connectivity index (χ3n) is 5.11. The lowest BCUT2D eigenvalue weighted by Crippen LogP contribution is -2.36. The number of benzene rings is 3. The average molecular weight is 466 g/mol. The highest BCUT2D eigenvalue weighted by atomic mass is 19.4. The quantitative estimate of drug-likeness (QED) is 0.388. The second kappa shape index (κ2) is 9.56. The number of rotatable bonds is 5. The minimum Gasteiger partial charge on any atom is -0.313 e. The number of nitrogens with zero attached hydrogens (tertiary/aromatic N) is 1. The SMILES string of the molecule is CC(c1ccccc1)N(Cc1ccc(C(F)(F)F)cc1)C(=O)Nc1ccc(C(F)(F)F)cc1. The fourth-order valence-corrected chi connectivity index (χ4v) is 3.23. The molecule has 9 heteroatoms. The summed E-state index contributed by atoms with van der Waals surface area (Å²) in [6.45, 7) is 1.74. The maximum atomic E-state index is 13.1. The number of carbonyl (C=O) groups excluding carboxylic acids is 1. The number of halogens is 6. The van der Waals surface area contributed by atoms with E-state index in [4.69, 9.17) is 0 Å². The lowest BCUT2D eigenvalue weighted by atomic mass is 10.1. The zero-order valence-corrected chi connectivity index (χ0v) is 17.4. The fourth-order valence-electron chi connectivity index (χ4n) is 3.23. The van der Waals surface area contributed by atoms with E-state index in [1.165, 1.54) is 17.0 Å². The summed E-state index contributed by atoms with van der Waals surface area (Å²) in [7, 11) is 0. The summed E-state index contributed by atoms with van der Waals surface area (Å²) in [6.07, 6.45) is -8.98. The van der Waals surface area contributed by atoms with Gasteiger partial charge in [-0.25, -0.2) is 4.79 Å². The van der Waals surface area contributed by atoms with Crippen molar-refractivity contribution in [2.24, 2.45) is 0 Å². The van der Waals surface area contributed by atoms with Crippen LogP contribution in [0.1, 0.15) is 35.2 Å². The molecule has 0 bridgehead atoms. The molecule has 0 saturated heterocycles. The van der Waals surface area contributed by atoms with Gasteiger partial charge in [0.2, 0.25) is 0 Å². The Morgan fingerprint density at radius 2 is 1.27 bits per heavy atom. The molecule has 0 radical (unpaired) electrons. The summed E-state index contributed by atoms with van der Waals surface area (Å²) >= 11 is 0. The molecule has 33 heavy (non-hydrogen) atoms. The van der Waals surface area contributed by atoms with E-state index < -0.39 is 35.6 Å². The molecular weight excluding hydrogens is 446 g/mol. The van der Waals surface area contributed by atoms with E-state index in [2.05, 4.69) is 5.32 Å². The Kier molecular flexibility index (Phi) is 7.00. The highest BCUT2D eigenvalue weighted by Crippen LogP contribution is 2.31. The molecule has 1 atom stereocenters. The standard InChI is InChI=1S/C24H20F6N2O/c1-16(18-5-3-2-4-6-18)32(15-17-7-9-19(10-8-17)23(25,26)27)22(33)31-21-13-11-20(12-14-21)24(28,29)30/h2-14,16H,15H2,1H3,(H,31,33). The van der Waals surface area contributed by atoms with Crippen LogP contribution in [-0.4, -0.2) is 10.9 Å². The predicted molar refractivity (Wildman–Crippen MR) is 112 cm³/mol. The highest BCUT2D eigenvalue weighted by molar-refractivity contribution is 5.89. The molecule has 3 aromatic rings. The van der Waals surface area contributed by atoms with Gasteiger partial charge in [0.15, 0.2) is 0 Å². The summed E-state index contributed by atoms with van der Waals surface area (Å²) in [4.78, 5) is 14.5. The topological polar surface area (TPSA) is 32.3 Å². The first kappa shape index (κ1) is 24.2. The maximum Gasteiger partial charge on any atom is 0.416 e. The summed E-state index contributed by atoms with van der Waals surface area (Å²) in [5.41, 5.74) is -0.242. The lowest BCUT2D eigenvalue weighted by Gasteiger charge is -2.30. The van der Waals surface area contributed by atoms with Crippen LogP contribution in [0.2, 0.25) is 0 Å². The molecule has 1 unspecified atom stereocenters. The van der Waals surface area contributed by atoms with Gasteiger partial charge in [-0.1, -0.05) is 42.5 Å². The van der Waals surface area contributed by atoms with Crippen LogP contribution in [-0.2, 0) is 18.9 Å². The van der Waals surface area contributed by atoms with Crippen molar-refractivity contribution in [3.05, 3.63) is 101 Å². The second-order valence-corrected chi connectivity index (χ2v) is 7.41. The van der Waals surface area contributed by atoms with Crippen molar-refractivity contribution < 1.29 is 31.1 Å². The van der Waals surface area contributed by atoms with Gasteiger partial charge in [-0.2, -0.15) is 26.3 Å². The Labute approximate surface area is 186 Å². The average Bonchev–Trinajstić information content (AvgIpc) is 2.77. The molecule has 2 amide bonds. The van der Waals surface area contributed by atoms with Gasteiger partial charge in [-0.3, -0.25) is 0 Å². The van der Waals surface area contributed by atoms with Crippen molar-refractivity contribution in [1.82, 2.24) is 4.90 Å². The van der Waals surface area contributed by atoms with Crippen molar-refractivity contribution in [1.29, 1.82) is 0 Å². The van der Waals surface area contributed by atoms with Gasteiger partial charge < -0.3 is 10.2 Å². The van der Waals surface area contributed by atoms with Crippen LogP contribution in [0.15, 0.2) is 78.9 Å². The van der Waals surface area contributed by atoms with E-state index in [1.54, 1.807) is 37.3 Å². The number of amides is 2. The van der Waals surface area contributed by atoms with Crippen LogP contribution < -0.4 is 5.32 Å². The molecule has 3 rings (SSSR count). The van der Waals surface area contributed by atoms with Crippen LogP contribution in [0.5, 0.6) is 0 Å². The summed E-state index contributed by atoms with van der Waals surface area (Å²) in [5, 5.41) is 2.57. The van der Waals surface area contributed by atoms with E-state index in [1.807, 2.05) is 0 Å². The number of hydrogen-bond acceptors (Lipinski definition) is 1. The minimum absolute atomic E-state index is 0.0132. The van der Waals surface area contributed by atoms with Gasteiger partial charge in [-0.15, -0.1) is 0 Å². The van der Waals surface area contributed by atoms with Gasteiger partial charge in [0.05, 0.1) is 17.2 Å². The van der Waals surface area contributed by atoms with E-state index in [0.29, 0.717) is 5.56 Å². The van der Waals surface area contributed by atoms with Gasteiger partial charge in [-0.05, 0) is 54.4 Å². The Balaban J connectivity index is 1.84. The van der Waals surface area contributed by atoms with E-state index in [0.717, 1.165) is 42.0 Å². The normalized spacial score (nSPS) is 12.8. The smallest absolute Gasteiger partial charge is 0.313 e. The summed E-state index contributed by atoms with van der Waals surface area (Å²) < 4.78 is 76.9. The van der Waals surface area contributed by atoms with Crippen molar-refractivity contribution in [2.75, 3.05) is 5.32 Å². The number of urea groups is 1. The molecule has 174 valence electrons. The lowest BCUT2D eigenvalue weighted by molar-refractivity contribution is -0.138. The Bertz CT molecular complexity index is 1060. The van der Waals surface area contributed by atoms with Gasteiger partial charge in [0, 0.05) is 12.2 Å². The molecule has 0 aliphatic heterocycles. The largest absolute Gasteiger partial charge is 0.416 e. The molecule has 0 aromatic heterocycles. The van der Waals surface area contributed by atoms with E-state index >= 15 is 0 Å². The number of hydrogen-bond donors (Lipinski definition) is 1. The van der Waals surface area contributed by atoms with Crippen molar-refractivity contribution in [3.8, 4) is 0 Å². The third-order valence-corrected chi connectivity index (χ3v) is 5.11. The van der Waals surface area contributed by atoms with Crippen LogP contribution >= 0.6 is 0 Å². The van der Waals surface area contributed by atoms with Gasteiger partial charge in [0.1, 0.15) is 0 Å². The number of nitrogens with one attached hydrogen (secondary N) is 1. The van der Waals surface area contributed by atoms with Crippen LogP contribution in [0.3, 0.4) is 0 Å². The molecule has 0 heterocycles. The highest BCUT2D eigenvalue weighted by Gasteiger charge is 2.31. The first-order valence-corrected chi connectivity index (χ1v) is 9.91. The molecule has 0 aliphatic rings. The van der Waals surface area contributed by atoms with Gasteiger partial charge in [0.25, 0.3) is 0 Å². The minimum atomic E-state index is -4.50. The first-order valence-electron chi connectivity index (χ1n) is 9.91. The van der Waals surface area contributed by atoms with E-state index in [-0.39, 0.29) is 12.2 Å². The van der Waals surface area contributed by atoms with Crippen LogP contribution in [0, 0.1) is 0 Å². The molecule has 0 saturated carbocycles. The molecular formula is C24H20F6N2O. The predicted octanol–water partition coefficient (Wildman–Crippen LogP) is 7.52. The van der Waals surface area contributed by atoms with Crippen LogP contribution in [0.4, 0.5) is 36.8 Å². The van der Waals surface area contributed by atoms with Crippen molar-refractivity contribution in [3.63, 3.8) is 0 Å². The monoisotopic (exact) mass is 466 g/mol. The Morgan fingerprint density at radius 1 is 0.788 bits per heavy atom. The van der Waals surface area contributed by atoms with Gasteiger partial charge >= 0.3 is 18.4 Å². The fraction of sp³-hybridized carbons (Fsp3) is 0.208. The zero-order chi connectivity index (χ0) is 24.2. The summed E-state index contributed by atoms with van der Waals surface area (Å²) in [5.74, 6) is 0. The maximum absolute atomic E-state index is 13.1. The molecule has 0 spiro atoms. The number of carbonyl (C=O) groups is 1. The molecule has 3 aromatic carbocycles. The number of alkyl halides is 6. The molecule has 0 fully saturated rings. The Morgan fingerprint density at radius 3 is 1.76 bits per heavy atom. The third kappa shape index (κ3) is 6.27. The Hall–Kier alpha value is -3.49. The molecule has 0 aliphatic carbocycles.